The molecule has 2 aromatic heterocycles. The molecule has 0 aromatic carbocycles. The minimum absolute atomic E-state index is 0.131. The first-order valence-electron chi connectivity index (χ1n) is 14.1. The summed E-state index contributed by atoms with van der Waals surface area (Å²) in [5, 5.41) is 12.4. The Hall–Kier alpha value is -4.24. The van der Waals surface area contributed by atoms with Crippen molar-refractivity contribution in [2.24, 2.45) is 0 Å². The van der Waals surface area contributed by atoms with Crippen molar-refractivity contribution in [3.05, 3.63) is 28.6 Å². The number of pyridine rings is 2. The summed E-state index contributed by atoms with van der Waals surface area (Å²) in [5.41, 5.74) is -2.08. The second kappa shape index (κ2) is 13.1. The van der Waals surface area contributed by atoms with Gasteiger partial charge in [0.2, 0.25) is 0 Å². The zero-order chi connectivity index (χ0) is 34.9. The maximum atomic E-state index is 13.9. The SMILES string of the molecule is Cc1nc(N2CCC(F)(F)CC2)c(C(=O)Nc2c(C#N)c(N3CCC(F)(F)CC3)nc(C)c2OCC(F)(F)F)cc1OCC(F)(F)F. The highest BCUT2D eigenvalue weighted by Crippen LogP contribution is 2.41. The molecular weight excluding hydrogens is 658 g/mol. The number of hydrogen-bond donors (Lipinski definition) is 1. The fourth-order valence-corrected chi connectivity index (χ4v) is 5.02. The van der Waals surface area contributed by atoms with Gasteiger partial charge in [0, 0.05) is 51.9 Å². The number of ether oxygens (including phenoxy) is 2. The Bertz CT molecular complexity index is 1520. The number of anilines is 3. The monoisotopic (exact) mass is 686 g/mol. The van der Waals surface area contributed by atoms with Gasteiger partial charge in [-0.05, 0) is 19.9 Å². The van der Waals surface area contributed by atoms with E-state index in [1.54, 1.807) is 6.07 Å². The summed E-state index contributed by atoms with van der Waals surface area (Å²) < 4.78 is 144. The molecule has 0 spiro atoms. The molecule has 0 unspecified atom stereocenters. The first-order chi connectivity index (χ1) is 21.7. The molecule has 4 heterocycles. The van der Waals surface area contributed by atoms with Crippen LogP contribution < -0.4 is 24.6 Å². The van der Waals surface area contributed by atoms with E-state index >= 15 is 0 Å². The summed E-state index contributed by atoms with van der Waals surface area (Å²) in [5.74, 6) is -8.93. The lowest BCUT2D eigenvalue weighted by atomic mass is 10.0. The number of piperidine rings is 2. The van der Waals surface area contributed by atoms with Crippen molar-refractivity contribution in [2.75, 3.05) is 54.5 Å². The lowest BCUT2D eigenvalue weighted by Gasteiger charge is -2.34. The largest absolute Gasteiger partial charge is 0.482 e. The zero-order valence-corrected chi connectivity index (χ0v) is 24.9. The summed E-state index contributed by atoms with van der Waals surface area (Å²) in [6.45, 7) is -2.43. The number of nitrogens with one attached hydrogen (secondary N) is 1. The van der Waals surface area contributed by atoms with Crippen LogP contribution >= 0.6 is 0 Å². The molecule has 19 heteroatoms. The predicted octanol–water partition coefficient (Wildman–Crippen LogP) is 6.57. The number of halogens is 10. The average molecular weight is 687 g/mol. The van der Waals surface area contributed by atoms with Gasteiger partial charge in [0.15, 0.2) is 19.0 Å². The summed E-state index contributed by atoms with van der Waals surface area (Å²) >= 11 is 0. The van der Waals surface area contributed by atoms with Gasteiger partial charge in [-0.3, -0.25) is 4.79 Å². The van der Waals surface area contributed by atoms with Gasteiger partial charge in [0.05, 0.1) is 17.0 Å². The number of aromatic nitrogens is 2. The van der Waals surface area contributed by atoms with Gasteiger partial charge in [-0.15, -0.1) is 0 Å². The van der Waals surface area contributed by atoms with Crippen molar-refractivity contribution in [3.63, 3.8) is 0 Å². The van der Waals surface area contributed by atoms with Crippen molar-refractivity contribution in [1.82, 2.24) is 9.97 Å². The minimum atomic E-state index is -4.88. The topological polar surface area (TPSA) is 104 Å². The molecule has 1 N–H and O–H groups in total. The van der Waals surface area contributed by atoms with Gasteiger partial charge < -0.3 is 24.6 Å². The number of aryl methyl sites for hydroxylation is 2. The van der Waals surface area contributed by atoms with Crippen molar-refractivity contribution in [3.8, 4) is 17.6 Å². The first kappa shape index (κ1) is 35.6. The number of nitriles is 1. The highest BCUT2D eigenvalue weighted by Gasteiger charge is 2.39. The Kier molecular flexibility index (Phi) is 9.93. The molecule has 2 aliphatic rings. The molecule has 0 bridgehead atoms. The van der Waals surface area contributed by atoms with Crippen LogP contribution in [0.2, 0.25) is 0 Å². The number of carbonyl (C=O) groups is 1. The molecule has 47 heavy (non-hydrogen) atoms. The molecule has 1 amide bonds. The van der Waals surface area contributed by atoms with E-state index in [9.17, 15) is 54.0 Å². The highest BCUT2D eigenvalue weighted by molar-refractivity contribution is 6.09. The molecule has 0 radical (unpaired) electrons. The summed E-state index contributed by atoms with van der Waals surface area (Å²) in [4.78, 5) is 24.7. The van der Waals surface area contributed by atoms with Gasteiger partial charge in [-0.1, -0.05) is 0 Å². The van der Waals surface area contributed by atoms with E-state index in [0.717, 1.165) is 6.07 Å². The average Bonchev–Trinajstić information content (AvgIpc) is 2.95. The zero-order valence-electron chi connectivity index (χ0n) is 24.9. The molecule has 2 saturated heterocycles. The number of amides is 1. The maximum Gasteiger partial charge on any atom is 0.422 e. The third kappa shape index (κ3) is 8.98. The number of nitrogens with zero attached hydrogens (tertiary/aromatic N) is 5. The minimum Gasteiger partial charge on any atom is -0.482 e. The number of carbonyl (C=O) groups excluding carboxylic acids is 1. The van der Waals surface area contributed by atoms with Crippen molar-refractivity contribution in [1.29, 1.82) is 5.26 Å². The number of hydrogen-bond acceptors (Lipinski definition) is 8. The van der Waals surface area contributed by atoms with E-state index in [1.807, 2.05) is 0 Å². The third-order valence-electron chi connectivity index (χ3n) is 7.40. The Morgan fingerprint density at radius 2 is 1.32 bits per heavy atom. The molecular formula is C28H28F10N6O3. The van der Waals surface area contributed by atoms with Crippen LogP contribution in [0.25, 0.3) is 0 Å². The van der Waals surface area contributed by atoms with Crippen LogP contribution in [0.3, 0.4) is 0 Å². The van der Waals surface area contributed by atoms with Gasteiger partial charge in [0.25, 0.3) is 17.8 Å². The maximum absolute atomic E-state index is 13.9. The number of rotatable bonds is 8. The molecule has 0 aliphatic carbocycles. The van der Waals surface area contributed by atoms with Crippen LogP contribution in [0.1, 0.15) is 53.0 Å². The molecule has 258 valence electrons. The predicted molar refractivity (Wildman–Crippen MR) is 147 cm³/mol. The van der Waals surface area contributed by atoms with Crippen LogP contribution in [0.5, 0.6) is 11.5 Å². The van der Waals surface area contributed by atoms with Crippen molar-refractivity contribution >= 4 is 23.2 Å². The number of alkyl halides is 10. The van der Waals surface area contributed by atoms with Crippen LogP contribution in [0.15, 0.2) is 6.07 Å². The molecule has 4 rings (SSSR count). The molecule has 0 atom stereocenters. The van der Waals surface area contributed by atoms with E-state index < -0.39 is 97.3 Å². The van der Waals surface area contributed by atoms with Gasteiger partial charge >= 0.3 is 12.4 Å². The quantitative estimate of drug-likeness (QED) is 0.311. The van der Waals surface area contributed by atoms with Gasteiger partial charge in [0.1, 0.15) is 34.7 Å². The van der Waals surface area contributed by atoms with E-state index in [-0.39, 0.29) is 49.2 Å². The van der Waals surface area contributed by atoms with Crippen molar-refractivity contribution in [2.45, 2.75) is 63.7 Å². The van der Waals surface area contributed by atoms with Crippen LogP contribution in [-0.2, 0) is 0 Å². The summed E-state index contributed by atoms with van der Waals surface area (Å²) in [6, 6.07) is 2.59. The van der Waals surface area contributed by atoms with Crippen LogP contribution in [0, 0.1) is 25.2 Å². The Morgan fingerprint density at radius 1 is 0.851 bits per heavy atom. The fourth-order valence-electron chi connectivity index (χ4n) is 5.02. The third-order valence-corrected chi connectivity index (χ3v) is 7.40. The Balaban J connectivity index is 1.82. The second-order valence-electron chi connectivity index (χ2n) is 11.1. The van der Waals surface area contributed by atoms with Gasteiger partial charge in [-0.2, -0.15) is 31.6 Å². The molecule has 0 saturated carbocycles. The van der Waals surface area contributed by atoms with Crippen LogP contribution in [-0.4, -0.2) is 79.5 Å². The second-order valence-corrected chi connectivity index (χ2v) is 11.1. The Labute approximate surface area is 261 Å². The molecule has 2 aliphatic heterocycles. The molecule has 2 fully saturated rings. The smallest absolute Gasteiger partial charge is 0.422 e. The highest BCUT2D eigenvalue weighted by atomic mass is 19.4. The van der Waals surface area contributed by atoms with Gasteiger partial charge in [-0.25, -0.2) is 27.5 Å². The van der Waals surface area contributed by atoms with Crippen molar-refractivity contribution < 1.29 is 58.2 Å². The lowest BCUT2D eigenvalue weighted by Crippen LogP contribution is -2.41. The van der Waals surface area contributed by atoms with E-state index in [1.165, 1.54) is 23.6 Å². The Morgan fingerprint density at radius 3 is 1.81 bits per heavy atom. The van der Waals surface area contributed by atoms with E-state index in [4.69, 9.17) is 9.47 Å². The van der Waals surface area contributed by atoms with Crippen LogP contribution in [0.4, 0.5) is 61.2 Å². The molecule has 2 aromatic rings. The van der Waals surface area contributed by atoms with E-state index in [2.05, 4.69) is 15.3 Å². The lowest BCUT2D eigenvalue weighted by molar-refractivity contribution is -0.154. The standard InChI is InChI=1S/C28H28F10N6O3/c1-15-19(46-13-27(33,34)35)11-17(22(40-15)43-7-3-25(29,30)4-8-43)24(45)42-20-18(12-39)23(44-9-5-26(31,32)6-10-44)41-16(2)21(20)47-14-28(36,37)38/h11H,3-10,13-14H2,1-2H3,(H,41,42,45). The normalized spacial score (nSPS) is 18.0. The van der Waals surface area contributed by atoms with E-state index in [0.29, 0.717) is 0 Å². The molecule has 9 nitrogen and oxygen atoms in total. The fraction of sp³-hybridized carbons (Fsp3) is 0.571. The first-order valence-corrected chi connectivity index (χ1v) is 14.1. The summed E-state index contributed by atoms with van der Waals surface area (Å²) in [7, 11) is 0. The summed E-state index contributed by atoms with van der Waals surface area (Å²) in [6.07, 6.45) is -12.2.